The molecule has 2 heterocycles. The van der Waals surface area contributed by atoms with Gasteiger partial charge in [0.05, 0.1) is 22.7 Å². The number of rotatable bonds is 5. The highest BCUT2D eigenvalue weighted by Gasteiger charge is 2.28. The summed E-state index contributed by atoms with van der Waals surface area (Å²) in [5.41, 5.74) is 1.91. The standard InChI is InChI=1S/C22H24N4O5S/c27-20(12-11-19-22(29)24-18-6-2-1-5-17(18)21(28)25-19)23-15-7-9-16(10-8-15)26-13-3-4-14-32(26,30)31/h1-2,5-10,19H,3-4,11-14H2,(H,23,27)(H,24,29)(H,25,28)/t19-/m0/s1. The van der Waals surface area contributed by atoms with E-state index in [1.807, 2.05) is 0 Å². The minimum Gasteiger partial charge on any atom is -0.340 e. The van der Waals surface area contributed by atoms with Crippen molar-refractivity contribution in [3.8, 4) is 0 Å². The van der Waals surface area contributed by atoms with Crippen LogP contribution in [0.4, 0.5) is 17.1 Å². The fourth-order valence-electron chi connectivity index (χ4n) is 3.80. The first-order valence-electron chi connectivity index (χ1n) is 10.4. The Morgan fingerprint density at radius 3 is 2.56 bits per heavy atom. The van der Waals surface area contributed by atoms with Crippen LogP contribution in [0.25, 0.3) is 0 Å². The van der Waals surface area contributed by atoms with Crippen molar-refractivity contribution >= 4 is 44.8 Å². The quantitative estimate of drug-likeness (QED) is 0.635. The summed E-state index contributed by atoms with van der Waals surface area (Å²) >= 11 is 0. The van der Waals surface area contributed by atoms with Crippen molar-refractivity contribution in [2.24, 2.45) is 0 Å². The summed E-state index contributed by atoms with van der Waals surface area (Å²) in [7, 11) is -3.29. The molecule has 1 atom stereocenters. The molecule has 3 amide bonds. The number of hydrogen-bond acceptors (Lipinski definition) is 5. The van der Waals surface area contributed by atoms with Crippen LogP contribution in [-0.4, -0.2) is 44.5 Å². The molecule has 0 aromatic heterocycles. The van der Waals surface area contributed by atoms with Crippen LogP contribution in [0.3, 0.4) is 0 Å². The van der Waals surface area contributed by atoms with E-state index in [9.17, 15) is 22.8 Å². The van der Waals surface area contributed by atoms with Crippen LogP contribution in [0, 0.1) is 0 Å². The fourth-order valence-corrected chi connectivity index (χ4v) is 5.44. The molecular weight excluding hydrogens is 432 g/mol. The zero-order chi connectivity index (χ0) is 22.7. The average Bonchev–Trinajstić information content (AvgIpc) is 2.88. The maximum atomic E-state index is 12.4. The molecule has 0 aliphatic carbocycles. The van der Waals surface area contributed by atoms with E-state index >= 15 is 0 Å². The van der Waals surface area contributed by atoms with Crippen LogP contribution >= 0.6 is 0 Å². The lowest BCUT2D eigenvalue weighted by atomic mass is 10.1. The van der Waals surface area contributed by atoms with E-state index in [2.05, 4.69) is 16.0 Å². The number of hydrogen-bond donors (Lipinski definition) is 3. The molecule has 0 unspecified atom stereocenters. The van der Waals surface area contributed by atoms with Crippen LogP contribution in [-0.2, 0) is 19.6 Å². The maximum absolute atomic E-state index is 12.4. The first-order chi connectivity index (χ1) is 15.3. The molecule has 168 valence electrons. The topological polar surface area (TPSA) is 125 Å². The number of nitrogens with one attached hydrogen (secondary N) is 3. The van der Waals surface area contributed by atoms with Gasteiger partial charge in [-0.05, 0) is 55.7 Å². The predicted molar refractivity (Wildman–Crippen MR) is 121 cm³/mol. The van der Waals surface area contributed by atoms with Crippen molar-refractivity contribution in [3.05, 3.63) is 54.1 Å². The molecule has 0 spiro atoms. The Morgan fingerprint density at radius 1 is 1.06 bits per heavy atom. The number of para-hydroxylation sites is 1. The molecule has 0 saturated carbocycles. The van der Waals surface area contributed by atoms with E-state index in [0.29, 0.717) is 35.6 Å². The molecule has 9 nitrogen and oxygen atoms in total. The van der Waals surface area contributed by atoms with Crippen LogP contribution in [0.2, 0.25) is 0 Å². The van der Waals surface area contributed by atoms with Crippen molar-refractivity contribution < 1.29 is 22.8 Å². The lowest BCUT2D eigenvalue weighted by Crippen LogP contribution is -2.41. The first-order valence-corrected chi connectivity index (χ1v) is 12.1. The van der Waals surface area contributed by atoms with Crippen LogP contribution < -0.4 is 20.3 Å². The van der Waals surface area contributed by atoms with Crippen LogP contribution in [0.1, 0.15) is 36.0 Å². The van der Waals surface area contributed by atoms with Gasteiger partial charge in [0, 0.05) is 18.7 Å². The second kappa shape index (κ2) is 8.99. The molecule has 1 fully saturated rings. The summed E-state index contributed by atoms with van der Waals surface area (Å²) < 4.78 is 25.8. The minimum absolute atomic E-state index is 0.0248. The highest BCUT2D eigenvalue weighted by molar-refractivity contribution is 7.92. The SMILES string of the molecule is O=C(CC[C@@H]1NC(=O)c2ccccc2NC1=O)Nc1ccc(N2CCCCS2(=O)=O)cc1. The molecular formula is C22H24N4O5S. The summed E-state index contributed by atoms with van der Waals surface area (Å²) in [4.78, 5) is 37.2. The summed E-state index contributed by atoms with van der Waals surface area (Å²) in [5.74, 6) is -0.912. The zero-order valence-corrected chi connectivity index (χ0v) is 18.2. The average molecular weight is 457 g/mol. The van der Waals surface area contributed by atoms with Gasteiger partial charge in [0.15, 0.2) is 0 Å². The van der Waals surface area contributed by atoms with Crippen molar-refractivity contribution in [2.45, 2.75) is 31.7 Å². The van der Waals surface area contributed by atoms with Gasteiger partial charge in [0.1, 0.15) is 6.04 Å². The molecule has 1 saturated heterocycles. The maximum Gasteiger partial charge on any atom is 0.254 e. The number of fused-ring (bicyclic) bond motifs is 1. The van der Waals surface area contributed by atoms with E-state index in [4.69, 9.17) is 0 Å². The van der Waals surface area contributed by atoms with Gasteiger partial charge in [0.25, 0.3) is 5.91 Å². The zero-order valence-electron chi connectivity index (χ0n) is 17.3. The fraction of sp³-hybridized carbons (Fsp3) is 0.318. The van der Waals surface area contributed by atoms with Gasteiger partial charge in [0.2, 0.25) is 21.8 Å². The Labute approximate surface area is 186 Å². The summed E-state index contributed by atoms with van der Waals surface area (Å²) in [5, 5.41) is 8.11. The predicted octanol–water partition coefficient (Wildman–Crippen LogP) is 2.09. The van der Waals surface area contributed by atoms with Crippen molar-refractivity contribution in [2.75, 3.05) is 27.2 Å². The molecule has 2 aromatic rings. The van der Waals surface area contributed by atoms with Crippen molar-refractivity contribution in [1.82, 2.24) is 5.32 Å². The van der Waals surface area contributed by atoms with Crippen LogP contribution in [0.15, 0.2) is 48.5 Å². The van der Waals surface area contributed by atoms with Gasteiger partial charge < -0.3 is 16.0 Å². The molecule has 4 rings (SSSR count). The van der Waals surface area contributed by atoms with Gasteiger partial charge in [-0.1, -0.05) is 12.1 Å². The van der Waals surface area contributed by atoms with Gasteiger partial charge in [-0.3, -0.25) is 18.7 Å². The number of sulfonamides is 1. The molecule has 2 aromatic carbocycles. The summed E-state index contributed by atoms with van der Waals surface area (Å²) in [6.07, 6.45) is 1.64. The minimum atomic E-state index is -3.29. The second-order valence-corrected chi connectivity index (χ2v) is 9.80. The third-order valence-corrected chi connectivity index (χ3v) is 7.37. The number of amides is 3. The third-order valence-electron chi connectivity index (χ3n) is 5.50. The normalized spacial score (nSPS) is 19.9. The van der Waals surface area contributed by atoms with E-state index in [1.54, 1.807) is 48.5 Å². The summed E-state index contributed by atoms with van der Waals surface area (Å²) in [6, 6.07) is 12.5. The molecule has 2 aliphatic rings. The number of nitrogens with zero attached hydrogens (tertiary/aromatic N) is 1. The number of anilines is 3. The van der Waals surface area contributed by atoms with E-state index < -0.39 is 16.1 Å². The molecule has 32 heavy (non-hydrogen) atoms. The number of carbonyl (C=O) groups excluding carboxylic acids is 3. The Bertz CT molecular complexity index is 1150. The Hall–Kier alpha value is -3.40. The van der Waals surface area contributed by atoms with Gasteiger partial charge in [-0.2, -0.15) is 0 Å². The van der Waals surface area contributed by atoms with Gasteiger partial charge in [-0.25, -0.2) is 8.42 Å². The molecule has 0 bridgehead atoms. The largest absolute Gasteiger partial charge is 0.340 e. The highest BCUT2D eigenvalue weighted by atomic mass is 32.2. The lowest BCUT2D eigenvalue weighted by molar-refractivity contribution is -0.118. The van der Waals surface area contributed by atoms with Crippen molar-refractivity contribution in [1.29, 1.82) is 0 Å². The second-order valence-electron chi connectivity index (χ2n) is 7.79. The monoisotopic (exact) mass is 456 g/mol. The molecule has 2 aliphatic heterocycles. The number of carbonyl (C=O) groups is 3. The molecule has 3 N–H and O–H groups in total. The van der Waals surface area contributed by atoms with Gasteiger partial charge >= 0.3 is 0 Å². The molecule has 10 heteroatoms. The van der Waals surface area contributed by atoms with E-state index in [1.165, 1.54) is 4.31 Å². The third kappa shape index (κ3) is 4.75. The highest BCUT2D eigenvalue weighted by Crippen LogP contribution is 2.25. The smallest absolute Gasteiger partial charge is 0.254 e. The van der Waals surface area contributed by atoms with Gasteiger partial charge in [-0.15, -0.1) is 0 Å². The summed E-state index contributed by atoms with van der Waals surface area (Å²) in [6.45, 7) is 0.451. The Kier molecular flexibility index (Phi) is 6.13. The first kappa shape index (κ1) is 21.8. The van der Waals surface area contributed by atoms with Crippen molar-refractivity contribution in [3.63, 3.8) is 0 Å². The Balaban J connectivity index is 1.33. The molecule has 0 radical (unpaired) electrons. The number of benzene rings is 2. The van der Waals surface area contributed by atoms with E-state index in [0.717, 1.165) is 6.42 Å². The Morgan fingerprint density at radius 2 is 1.81 bits per heavy atom. The van der Waals surface area contributed by atoms with E-state index in [-0.39, 0.29) is 36.3 Å². The van der Waals surface area contributed by atoms with Crippen LogP contribution in [0.5, 0.6) is 0 Å². The lowest BCUT2D eigenvalue weighted by Gasteiger charge is -2.28.